The van der Waals surface area contributed by atoms with Gasteiger partial charge in [-0.05, 0) is 50.9 Å². The van der Waals surface area contributed by atoms with Gasteiger partial charge in [-0.2, -0.15) is 0 Å². The summed E-state index contributed by atoms with van der Waals surface area (Å²) in [6, 6.07) is 0. The van der Waals surface area contributed by atoms with Gasteiger partial charge in [0.15, 0.2) is 5.96 Å². The van der Waals surface area contributed by atoms with Gasteiger partial charge in [-0.3, -0.25) is 4.99 Å². The second kappa shape index (κ2) is 13.3. The Hall–Kier alpha value is -0.0400. The highest BCUT2D eigenvalue weighted by molar-refractivity contribution is 14.0. The van der Waals surface area contributed by atoms with E-state index in [1.165, 1.54) is 32.1 Å². The molecule has 0 bridgehead atoms. The van der Waals surface area contributed by atoms with Gasteiger partial charge in [-0.1, -0.05) is 26.7 Å². The van der Waals surface area contributed by atoms with E-state index in [0.717, 1.165) is 51.1 Å². The molecule has 0 unspecified atom stereocenters. The molecule has 0 heterocycles. The van der Waals surface area contributed by atoms with Crippen molar-refractivity contribution in [2.24, 2.45) is 16.3 Å². The van der Waals surface area contributed by atoms with E-state index in [1.54, 1.807) is 0 Å². The zero-order valence-corrected chi connectivity index (χ0v) is 17.9. The minimum Gasteiger partial charge on any atom is -0.382 e. The molecule has 0 atom stereocenters. The van der Waals surface area contributed by atoms with Crippen molar-refractivity contribution in [3.63, 3.8) is 0 Å². The maximum Gasteiger partial charge on any atom is 0.191 e. The number of halogens is 1. The average molecular weight is 439 g/mol. The first-order valence-corrected chi connectivity index (χ1v) is 9.22. The molecule has 4 nitrogen and oxygen atoms in total. The number of hydrogen-bond donors (Lipinski definition) is 2. The smallest absolute Gasteiger partial charge is 0.191 e. The van der Waals surface area contributed by atoms with Crippen molar-refractivity contribution in [1.29, 1.82) is 0 Å². The van der Waals surface area contributed by atoms with Gasteiger partial charge in [0, 0.05) is 32.8 Å². The van der Waals surface area contributed by atoms with Gasteiger partial charge in [-0.15, -0.1) is 24.0 Å². The van der Waals surface area contributed by atoms with E-state index in [1.807, 2.05) is 0 Å². The highest BCUT2D eigenvalue weighted by atomic mass is 127. The molecule has 0 amide bonds. The molecule has 1 rings (SSSR count). The molecule has 5 heteroatoms. The molecule has 0 radical (unpaired) electrons. The zero-order valence-electron chi connectivity index (χ0n) is 15.6. The summed E-state index contributed by atoms with van der Waals surface area (Å²) in [5.74, 6) is 1.70. The minimum absolute atomic E-state index is 0. The summed E-state index contributed by atoms with van der Waals surface area (Å²) in [5, 5.41) is 6.84. The highest BCUT2D eigenvalue weighted by Gasteiger charge is 2.33. The fraction of sp³-hybridized carbons (Fsp3) is 0.944. The fourth-order valence-electron chi connectivity index (χ4n) is 3.11. The standard InChI is InChI=1S/C18H37N3O.HI/c1-5-19-17(20-13-9-16(3)4)21-15-18(10-7-8-11-18)12-14-22-6-2;/h16H,5-15H2,1-4H3,(H2,19,20,21);1H. The van der Waals surface area contributed by atoms with Crippen molar-refractivity contribution in [2.45, 2.75) is 66.2 Å². The Bertz CT molecular complexity index is 315. The summed E-state index contributed by atoms with van der Waals surface area (Å²) in [6.07, 6.45) is 7.62. The zero-order chi connectivity index (χ0) is 16.3. The van der Waals surface area contributed by atoms with Gasteiger partial charge in [0.05, 0.1) is 0 Å². The SMILES string of the molecule is CCNC(=NCC1(CCOCC)CCCC1)NCCC(C)C.I. The number of hydrogen-bond acceptors (Lipinski definition) is 2. The Morgan fingerprint density at radius 2 is 1.87 bits per heavy atom. The summed E-state index contributed by atoms with van der Waals surface area (Å²) in [6.45, 7) is 13.2. The van der Waals surface area contributed by atoms with Crippen LogP contribution in [0, 0.1) is 11.3 Å². The van der Waals surface area contributed by atoms with Gasteiger partial charge in [0.2, 0.25) is 0 Å². The van der Waals surface area contributed by atoms with Crippen LogP contribution < -0.4 is 10.6 Å². The highest BCUT2D eigenvalue weighted by Crippen LogP contribution is 2.41. The van der Waals surface area contributed by atoms with Gasteiger partial charge < -0.3 is 15.4 Å². The first-order chi connectivity index (χ1) is 10.6. The Morgan fingerprint density at radius 1 is 1.17 bits per heavy atom. The van der Waals surface area contributed by atoms with Crippen LogP contribution in [0.5, 0.6) is 0 Å². The Kier molecular flexibility index (Phi) is 13.3. The summed E-state index contributed by atoms with van der Waals surface area (Å²) >= 11 is 0. The molecule has 0 aromatic heterocycles. The quantitative estimate of drug-likeness (QED) is 0.232. The van der Waals surface area contributed by atoms with E-state index in [0.29, 0.717) is 5.41 Å². The normalized spacial score (nSPS) is 17.2. The number of nitrogens with one attached hydrogen (secondary N) is 2. The topological polar surface area (TPSA) is 45.7 Å². The number of ether oxygens (including phenoxy) is 1. The Balaban J connectivity index is 0.00000484. The van der Waals surface area contributed by atoms with Crippen LogP contribution >= 0.6 is 24.0 Å². The molecule has 2 N–H and O–H groups in total. The summed E-state index contributed by atoms with van der Waals surface area (Å²) in [5.41, 5.74) is 0.371. The van der Waals surface area contributed by atoms with Gasteiger partial charge >= 0.3 is 0 Å². The number of rotatable bonds is 10. The lowest BCUT2D eigenvalue weighted by Crippen LogP contribution is -2.39. The molecule has 0 aliphatic heterocycles. The van der Waals surface area contributed by atoms with E-state index in [2.05, 4.69) is 38.3 Å². The van der Waals surface area contributed by atoms with E-state index < -0.39 is 0 Å². The van der Waals surface area contributed by atoms with Gasteiger partial charge in [-0.25, -0.2) is 0 Å². The van der Waals surface area contributed by atoms with Crippen LogP contribution in [0.15, 0.2) is 4.99 Å². The predicted molar refractivity (Wildman–Crippen MR) is 111 cm³/mol. The third kappa shape index (κ3) is 9.75. The lowest BCUT2D eigenvalue weighted by atomic mass is 9.83. The van der Waals surface area contributed by atoms with Gasteiger partial charge in [0.1, 0.15) is 0 Å². The van der Waals surface area contributed by atoms with E-state index >= 15 is 0 Å². The van der Waals surface area contributed by atoms with Crippen LogP contribution in [-0.4, -0.2) is 38.8 Å². The first-order valence-electron chi connectivity index (χ1n) is 9.22. The average Bonchev–Trinajstić information content (AvgIpc) is 2.94. The Labute approximate surface area is 160 Å². The number of guanidine groups is 1. The maximum atomic E-state index is 5.59. The Morgan fingerprint density at radius 3 is 2.43 bits per heavy atom. The molecule has 1 saturated carbocycles. The largest absolute Gasteiger partial charge is 0.382 e. The maximum absolute atomic E-state index is 5.59. The van der Waals surface area contributed by atoms with Crippen LogP contribution in [0.1, 0.15) is 66.2 Å². The predicted octanol–water partition coefficient (Wildman–Crippen LogP) is 4.19. The van der Waals surface area contributed by atoms with Crippen LogP contribution in [0.25, 0.3) is 0 Å². The van der Waals surface area contributed by atoms with Crippen molar-refractivity contribution >= 4 is 29.9 Å². The molecule has 0 spiro atoms. The van der Waals surface area contributed by atoms with Gasteiger partial charge in [0.25, 0.3) is 0 Å². The summed E-state index contributed by atoms with van der Waals surface area (Å²) in [4.78, 5) is 4.88. The third-order valence-corrected chi connectivity index (χ3v) is 4.58. The molecule has 23 heavy (non-hydrogen) atoms. The van der Waals surface area contributed by atoms with Crippen LogP contribution in [0.4, 0.5) is 0 Å². The van der Waals surface area contributed by atoms with Crippen LogP contribution in [0.2, 0.25) is 0 Å². The minimum atomic E-state index is 0. The lowest BCUT2D eigenvalue weighted by Gasteiger charge is -2.27. The summed E-state index contributed by atoms with van der Waals surface area (Å²) < 4.78 is 5.59. The monoisotopic (exact) mass is 439 g/mol. The van der Waals surface area contributed by atoms with E-state index in [-0.39, 0.29) is 24.0 Å². The number of aliphatic imine (C=N–C) groups is 1. The molecule has 138 valence electrons. The molecule has 1 aliphatic carbocycles. The molecule has 0 aromatic rings. The molecule has 0 aromatic carbocycles. The second-order valence-corrected chi connectivity index (χ2v) is 6.96. The lowest BCUT2D eigenvalue weighted by molar-refractivity contribution is 0.107. The van der Waals surface area contributed by atoms with Crippen molar-refractivity contribution in [3.8, 4) is 0 Å². The van der Waals surface area contributed by atoms with E-state index in [9.17, 15) is 0 Å². The molecular weight excluding hydrogens is 401 g/mol. The van der Waals surface area contributed by atoms with Crippen LogP contribution in [-0.2, 0) is 4.74 Å². The molecule has 1 fully saturated rings. The first kappa shape index (κ1) is 23.0. The van der Waals surface area contributed by atoms with Crippen molar-refractivity contribution < 1.29 is 4.74 Å². The molecule has 0 saturated heterocycles. The molecule has 1 aliphatic rings. The van der Waals surface area contributed by atoms with Crippen molar-refractivity contribution in [1.82, 2.24) is 10.6 Å². The number of nitrogens with zero attached hydrogens (tertiary/aromatic N) is 1. The second-order valence-electron chi connectivity index (χ2n) is 6.96. The molecular formula is C18H38IN3O. The van der Waals surface area contributed by atoms with Crippen LogP contribution in [0.3, 0.4) is 0 Å². The third-order valence-electron chi connectivity index (χ3n) is 4.58. The summed E-state index contributed by atoms with van der Waals surface area (Å²) in [7, 11) is 0. The fourth-order valence-corrected chi connectivity index (χ4v) is 3.11. The van der Waals surface area contributed by atoms with E-state index in [4.69, 9.17) is 9.73 Å². The van der Waals surface area contributed by atoms with Crippen molar-refractivity contribution in [2.75, 3.05) is 32.8 Å². The van der Waals surface area contributed by atoms with Crippen molar-refractivity contribution in [3.05, 3.63) is 0 Å².